The molecule has 21 heavy (non-hydrogen) atoms. The van der Waals surface area contributed by atoms with Gasteiger partial charge in [0.25, 0.3) is 0 Å². The van der Waals surface area contributed by atoms with E-state index in [9.17, 15) is 4.79 Å². The van der Waals surface area contributed by atoms with E-state index in [0.29, 0.717) is 23.7 Å². The number of hydrogen-bond donors (Lipinski definition) is 0. The molecule has 0 spiro atoms. The molecular weight excluding hydrogens is 328 g/mol. The molecule has 0 N–H and O–H groups in total. The van der Waals surface area contributed by atoms with Gasteiger partial charge in [-0.15, -0.1) is 0 Å². The number of fused-ring (bicyclic) bond motifs is 1. The van der Waals surface area contributed by atoms with Crippen LogP contribution in [-0.4, -0.2) is 11.9 Å². The zero-order valence-electron chi connectivity index (χ0n) is 11.9. The van der Waals surface area contributed by atoms with E-state index in [1.165, 1.54) is 5.56 Å². The maximum atomic E-state index is 12.3. The Hall–Kier alpha value is -1.61. The van der Waals surface area contributed by atoms with Gasteiger partial charge in [-0.3, -0.25) is 4.79 Å². The van der Waals surface area contributed by atoms with Crippen LogP contribution in [-0.2, 0) is 0 Å². The van der Waals surface area contributed by atoms with Gasteiger partial charge in [0.2, 0.25) is 0 Å². The van der Waals surface area contributed by atoms with Crippen molar-refractivity contribution in [2.24, 2.45) is 0 Å². The van der Waals surface area contributed by atoms with Crippen molar-refractivity contribution in [1.82, 2.24) is 0 Å². The van der Waals surface area contributed by atoms with E-state index in [4.69, 9.17) is 4.74 Å². The number of carbonyl (C=O) groups is 1. The molecule has 0 saturated heterocycles. The highest BCUT2D eigenvalue weighted by molar-refractivity contribution is 9.10. The van der Waals surface area contributed by atoms with E-state index in [1.807, 2.05) is 36.4 Å². The van der Waals surface area contributed by atoms with Gasteiger partial charge in [0, 0.05) is 10.9 Å². The van der Waals surface area contributed by atoms with Crippen LogP contribution in [0, 0.1) is 0 Å². The predicted molar refractivity (Wildman–Crippen MR) is 87.0 cm³/mol. The summed E-state index contributed by atoms with van der Waals surface area (Å²) in [6, 6.07) is 16.0. The molecule has 2 atom stereocenters. The molecule has 0 fully saturated rings. The second-order valence-corrected chi connectivity index (χ2v) is 6.47. The van der Waals surface area contributed by atoms with Gasteiger partial charge in [-0.25, -0.2) is 0 Å². The van der Waals surface area contributed by atoms with Crippen LogP contribution < -0.4 is 4.74 Å². The standard InChI is InChI=1S/C18H17BrO2/c1-12(13-5-3-2-4-6-13)9-15-11-17(20)16-10-14(19)7-8-18(16)21-15/h2-8,10,12,15H,9,11H2,1H3. The number of halogens is 1. The minimum atomic E-state index is -0.0404. The fourth-order valence-corrected chi connectivity index (χ4v) is 3.17. The van der Waals surface area contributed by atoms with E-state index >= 15 is 0 Å². The summed E-state index contributed by atoms with van der Waals surface area (Å²) in [5.74, 6) is 1.25. The summed E-state index contributed by atoms with van der Waals surface area (Å²) in [4.78, 5) is 12.3. The molecule has 108 valence electrons. The predicted octanol–water partition coefficient (Wildman–Crippen LogP) is 4.98. The number of benzene rings is 2. The Labute approximate surface area is 133 Å². The number of hydrogen-bond acceptors (Lipinski definition) is 2. The molecule has 0 radical (unpaired) electrons. The van der Waals surface area contributed by atoms with Crippen LogP contribution in [0.25, 0.3) is 0 Å². The molecule has 3 heteroatoms. The van der Waals surface area contributed by atoms with Gasteiger partial charge in [-0.05, 0) is 36.1 Å². The van der Waals surface area contributed by atoms with Crippen LogP contribution in [0.4, 0.5) is 0 Å². The zero-order chi connectivity index (χ0) is 14.8. The van der Waals surface area contributed by atoms with Crippen molar-refractivity contribution in [1.29, 1.82) is 0 Å². The number of rotatable bonds is 3. The first-order valence-electron chi connectivity index (χ1n) is 7.18. The van der Waals surface area contributed by atoms with Crippen molar-refractivity contribution in [2.45, 2.75) is 31.8 Å². The maximum absolute atomic E-state index is 12.3. The van der Waals surface area contributed by atoms with Crippen molar-refractivity contribution in [3.63, 3.8) is 0 Å². The molecule has 1 heterocycles. The Bertz CT molecular complexity index is 652. The smallest absolute Gasteiger partial charge is 0.170 e. The van der Waals surface area contributed by atoms with E-state index in [0.717, 1.165) is 10.9 Å². The molecule has 2 nitrogen and oxygen atoms in total. The first-order valence-corrected chi connectivity index (χ1v) is 7.97. The second kappa shape index (κ2) is 6.02. The van der Waals surface area contributed by atoms with Crippen molar-refractivity contribution < 1.29 is 9.53 Å². The van der Waals surface area contributed by atoms with Crippen LogP contribution in [0.15, 0.2) is 53.0 Å². The molecule has 2 aromatic rings. The van der Waals surface area contributed by atoms with Gasteiger partial charge >= 0.3 is 0 Å². The first-order chi connectivity index (χ1) is 10.1. The highest BCUT2D eigenvalue weighted by Gasteiger charge is 2.28. The topological polar surface area (TPSA) is 26.3 Å². The van der Waals surface area contributed by atoms with Gasteiger partial charge in [0.05, 0.1) is 5.56 Å². The van der Waals surface area contributed by atoms with E-state index < -0.39 is 0 Å². The molecule has 2 unspecified atom stereocenters. The van der Waals surface area contributed by atoms with Crippen molar-refractivity contribution in [3.8, 4) is 5.75 Å². The van der Waals surface area contributed by atoms with E-state index in [-0.39, 0.29) is 11.9 Å². The Morgan fingerprint density at radius 2 is 2.00 bits per heavy atom. The van der Waals surface area contributed by atoms with Crippen LogP contribution in [0.5, 0.6) is 5.75 Å². The monoisotopic (exact) mass is 344 g/mol. The highest BCUT2D eigenvalue weighted by atomic mass is 79.9. The Morgan fingerprint density at radius 3 is 2.76 bits per heavy atom. The molecule has 3 rings (SSSR count). The lowest BCUT2D eigenvalue weighted by molar-refractivity contribution is 0.0830. The van der Waals surface area contributed by atoms with Crippen LogP contribution in [0.1, 0.15) is 41.6 Å². The fourth-order valence-electron chi connectivity index (χ4n) is 2.80. The number of ketones is 1. The lowest BCUT2D eigenvalue weighted by Crippen LogP contribution is -2.28. The normalized spacial score (nSPS) is 18.8. The Kier molecular flexibility index (Phi) is 4.11. The third-order valence-electron chi connectivity index (χ3n) is 3.93. The average Bonchev–Trinajstić information content (AvgIpc) is 2.49. The summed E-state index contributed by atoms with van der Waals surface area (Å²) in [7, 11) is 0. The minimum absolute atomic E-state index is 0.0404. The molecular formula is C18H17BrO2. The molecule has 0 aromatic heterocycles. The number of Topliss-reactive ketones (excluding diaryl/α,β-unsaturated/α-hetero) is 1. The third kappa shape index (κ3) is 3.18. The summed E-state index contributed by atoms with van der Waals surface area (Å²) >= 11 is 3.40. The number of carbonyl (C=O) groups excluding carboxylic acids is 1. The minimum Gasteiger partial charge on any atom is -0.489 e. The van der Waals surface area contributed by atoms with Gasteiger partial charge in [0.15, 0.2) is 5.78 Å². The summed E-state index contributed by atoms with van der Waals surface area (Å²) < 4.78 is 6.92. The fraction of sp³-hybridized carbons (Fsp3) is 0.278. The Morgan fingerprint density at radius 1 is 1.24 bits per heavy atom. The van der Waals surface area contributed by atoms with Crippen molar-refractivity contribution in [3.05, 3.63) is 64.1 Å². The quantitative estimate of drug-likeness (QED) is 0.785. The summed E-state index contributed by atoms with van der Waals surface area (Å²) in [5, 5.41) is 0. The van der Waals surface area contributed by atoms with Gasteiger partial charge in [-0.2, -0.15) is 0 Å². The van der Waals surface area contributed by atoms with Gasteiger partial charge < -0.3 is 4.74 Å². The zero-order valence-corrected chi connectivity index (χ0v) is 13.5. The summed E-state index contributed by atoms with van der Waals surface area (Å²) in [6.07, 6.45) is 1.27. The summed E-state index contributed by atoms with van der Waals surface area (Å²) in [5.41, 5.74) is 1.98. The molecule has 1 aliphatic rings. The van der Waals surface area contributed by atoms with Crippen LogP contribution >= 0.6 is 15.9 Å². The highest BCUT2D eigenvalue weighted by Crippen LogP contribution is 2.33. The van der Waals surface area contributed by atoms with Crippen molar-refractivity contribution in [2.75, 3.05) is 0 Å². The SMILES string of the molecule is CC(CC1CC(=O)c2cc(Br)ccc2O1)c1ccccc1. The first kappa shape index (κ1) is 14.3. The van der Waals surface area contributed by atoms with Gasteiger partial charge in [0.1, 0.15) is 11.9 Å². The largest absolute Gasteiger partial charge is 0.489 e. The molecule has 0 aliphatic carbocycles. The molecule has 0 amide bonds. The van der Waals surface area contributed by atoms with Gasteiger partial charge in [-0.1, -0.05) is 53.2 Å². The average molecular weight is 345 g/mol. The second-order valence-electron chi connectivity index (χ2n) is 5.56. The molecule has 0 saturated carbocycles. The molecule has 0 bridgehead atoms. The molecule has 1 aliphatic heterocycles. The van der Waals surface area contributed by atoms with E-state index in [2.05, 4.69) is 35.0 Å². The van der Waals surface area contributed by atoms with Crippen LogP contribution in [0.3, 0.4) is 0 Å². The molecule has 2 aromatic carbocycles. The van der Waals surface area contributed by atoms with Crippen molar-refractivity contribution >= 4 is 21.7 Å². The summed E-state index contributed by atoms with van der Waals surface area (Å²) in [6.45, 7) is 2.18. The number of ether oxygens (including phenoxy) is 1. The van der Waals surface area contributed by atoms with Crippen LogP contribution in [0.2, 0.25) is 0 Å². The maximum Gasteiger partial charge on any atom is 0.170 e. The lowest BCUT2D eigenvalue weighted by atomic mass is 9.90. The lowest BCUT2D eigenvalue weighted by Gasteiger charge is -2.27. The Balaban J connectivity index is 1.74. The third-order valence-corrected chi connectivity index (χ3v) is 4.43. The van der Waals surface area contributed by atoms with E-state index in [1.54, 1.807) is 0 Å².